The van der Waals surface area contributed by atoms with Crippen LogP contribution >= 0.6 is 17.2 Å². The standard InChI is InChI=1S/C33H33.C21H26.C5H5.2ClH.Hf/c1-32(2,3)30-20-26-24(18-28(30)22-13-9-7-10-14-22)17-25-19-29(23-15-11-8-12-16-23)31(21-27(25)26)33(4,5)6;1-20(2,3)18-11-7-16(8-12-18)15-17-9-13-19(14-10-17)21(4,5)6;1-2-4-5-3-1;;;/h7-21H,1-6H3;7-14H,1-6H3;1-5H;2*1H;/q;;;;;+2/p-2. The molecular formula is C59H64Cl2Hf. The average molecular weight is 1020 g/mol. The van der Waals surface area contributed by atoms with Crippen molar-refractivity contribution in [1.29, 1.82) is 0 Å². The molecule has 2 aliphatic rings. The van der Waals surface area contributed by atoms with E-state index in [1.807, 2.05) is 0 Å². The molecule has 0 N–H and O–H groups in total. The summed E-state index contributed by atoms with van der Waals surface area (Å²) in [5.74, 6) is 0. The Morgan fingerprint density at radius 3 is 1.10 bits per heavy atom. The van der Waals surface area contributed by atoms with Crippen molar-refractivity contribution in [3.05, 3.63) is 202 Å². The fourth-order valence-corrected chi connectivity index (χ4v) is 37.9. The number of halogens is 2. The fraction of sp³-hybridized carbons (Fsp3) is 0.305. The third kappa shape index (κ3) is 7.88. The normalized spacial score (nSPS) is 15.0. The van der Waals surface area contributed by atoms with Crippen molar-refractivity contribution < 1.29 is 15.7 Å². The first-order chi connectivity index (χ1) is 29.0. The molecule has 0 bridgehead atoms. The Balaban J connectivity index is 1.60. The van der Waals surface area contributed by atoms with Gasteiger partial charge < -0.3 is 0 Å². The summed E-state index contributed by atoms with van der Waals surface area (Å²) >= 11 is -5.95. The summed E-state index contributed by atoms with van der Waals surface area (Å²) in [6.07, 6.45) is 8.95. The first-order valence-corrected chi connectivity index (χ1v) is 37.3. The van der Waals surface area contributed by atoms with Gasteiger partial charge in [-0.25, -0.2) is 0 Å². The molecule has 0 amide bonds. The van der Waals surface area contributed by atoms with Gasteiger partial charge in [0.25, 0.3) is 0 Å². The van der Waals surface area contributed by atoms with Crippen LogP contribution in [0.25, 0.3) is 33.4 Å². The van der Waals surface area contributed by atoms with E-state index >= 15 is 0 Å². The van der Waals surface area contributed by atoms with Gasteiger partial charge in [-0.05, 0) is 0 Å². The molecule has 0 spiro atoms. The number of rotatable bonds is 6. The summed E-state index contributed by atoms with van der Waals surface area (Å²) in [4.78, 5) is 0. The van der Waals surface area contributed by atoms with Crippen molar-refractivity contribution >= 4 is 20.4 Å². The first kappa shape index (κ1) is 44.7. The average Bonchev–Trinajstić information content (AvgIpc) is 3.88. The monoisotopic (exact) mass is 1020 g/mol. The summed E-state index contributed by atoms with van der Waals surface area (Å²) in [6, 6.07) is 50.3. The maximum atomic E-state index is 9.26. The number of fused-ring (bicyclic) bond motifs is 3. The van der Waals surface area contributed by atoms with Crippen molar-refractivity contribution in [1.82, 2.24) is 0 Å². The van der Waals surface area contributed by atoms with Crippen LogP contribution in [0.4, 0.5) is 0 Å². The van der Waals surface area contributed by atoms with E-state index < -0.39 is 15.7 Å². The quantitative estimate of drug-likeness (QED) is 0.146. The molecule has 6 aromatic carbocycles. The summed E-state index contributed by atoms with van der Waals surface area (Å²) in [7, 11) is 18.5. The van der Waals surface area contributed by atoms with Gasteiger partial charge in [-0.15, -0.1) is 0 Å². The van der Waals surface area contributed by atoms with E-state index in [9.17, 15) is 17.2 Å². The summed E-state index contributed by atoms with van der Waals surface area (Å²) in [6.45, 7) is 27.7. The van der Waals surface area contributed by atoms with E-state index in [1.165, 1.54) is 66.8 Å². The van der Waals surface area contributed by atoms with Crippen LogP contribution in [0.5, 0.6) is 0 Å². The van der Waals surface area contributed by atoms with Gasteiger partial charge in [-0.2, -0.15) is 0 Å². The molecule has 0 nitrogen and oxygen atoms in total. The number of hydrogen-bond donors (Lipinski definition) is 0. The summed E-state index contributed by atoms with van der Waals surface area (Å²) < 4.78 is 0.688. The van der Waals surface area contributed by atoms with Gasteiger partial charge in [0.15, 0.2) is 0 Å². The Bertz CT molecular complexity index is 2610. The van der Waals surface area contributed by atoms with Gasteiger partial charge in [-0.3, -0.25) is 0 Å². The van der Waals surface area contributed by atoms with Gasteiger partial charge in [0.2, 0.25) is 0 Å². The second kappa shape index (κ2) is 15.7. The Labute approximate surface area is 380 Å². The molecule has 6 aromatic rings. The van der Waals surface area contributed by atoms with Gasteiger partial charge in [0, 0.05) is 0 Å². The maximum absolute atomic E-state index is 9.26. The van der Waals surface area contributed by atoms with Crippen molar-refractivity contribution in [2.24, 2.45) is 0 Å². The SMILES string of the molecule is CC(C)(C)c1ccc([C](c2ccc(C(C)(C)C)cc2)=[Hf]([Cl])([Cl])([CH]2C=CC=C2)[CH]2c3cc(-c4ccccc4)c(C(C)(C)C)cc3-c3cc(C(C)(C)C)c(-c4ccccc4)cc32)cc1. The second-order valence-corrected chi connectivity index (χ2v) is 51.6. The van der Waals surface area contributed by atoms with Crippen LogP contribution in [-0.4, -0.2) is 3.26 Å². The number of hydrogen-bond acceptors (Lipinski definition) is 0. The number of benzene rings is 6. The zero-order valence-electron chi connectivity index (χ0n) is 38.9. The van der Waals surface area contributed by atoms with Gasteiger partial charge in [0.05, 0.1) is 0 Å². The summed E-state index contributed by atoms with van der Waals surface area (Å²) in [5.41, 5.74) is 17.0. The van der Waals surface area contributed by atoms with E-state index in [4.69, 9.17) is 0 Å². The third-order valence-corrected chi connectivity index (χ3v) is 41.6. The topological polar surface area (TPSA) is 0 Å². The fourth-order valence-electron chi connectivity index (χ4n) is 10.1. The Hall–Kier alpha value is -3.88. The molecule has 2 aliphatic carbocycles. The van der Waals surface area contributed by atoms with Crippen LogP contribution in [0.1, 0.15) is 131 Å². The molecule has 62 heavy (non-hydrogen) atoms. The first-order valence-electron chi connectivity index (χ1n) is 22.5. The molecule has 0 saturated heterocycles. The van der Waals surface area contributed by atoms with Crippen molar-refractivity contribution in [3.63, 3.8) is 0 Å². The Morgan fingerprint density at radius 1 is 0.419 bits per heavy atom. The minimum absolute atomic E-state index is 0.00866. The van der Waals surface area contributed by atoms with Crippen LogP contribution in [-0.2, 0) is 37.3 Å². The Kier molecular flexibility index (Phi) is 11.3. The van der Waals surface area contributed by atoms with E-state index in [0.29, 0.717) is 0 Å². The van der Waals surface area contributed by atoms with Gasteiger partial charge in [0.1, 0.15) is 0 Å². The van der Waals surface area contributed by atoms with Crippen LogP contribution in [0.2, 0.25) is 3.67 Å². The van der Waals surface area contributed by atoms with Crippen LogP contribution < -0.4 is 0 Å². The molecule has 0 fully saturated rings. The molecule has 0 unspecified atom stereocenters. The molecule has 0 radical (unpaired) electrons. The molecular weight excluding hydrogens is 958 g/mol. The van der Waals surface area contributed by atoms with Crippen LogP contribution in [0, 0.1) is 0 Å². The van der Waals surface area contributed by atoms with Gasteiger partial charge in [-0.1, -0.05) is 0 Å². The van der Waals surface area contributed by atoms with E-state index in [-0.39, 0.29) is 29.0 Å². The second-order valence-electron chi connectivity index (χ2n) is 22.1. The third-order valence-electron chi connectivity index (χ3n) is 13.5. The van der Waals surface area contributed by atoms with Gasteiger partial charge >= 0.3 is 384 Å². The number of allylic oxidation sites excluding steroid dienone is 4. The van der Waals surface area contributed by atoms with Crippen molar-refractivity contribution in [2.45, 2.75) is 112 Å². The molecule has 0 heterocycles. The predicted molar refractivity (Wildman–Crippen MR) is 269 cm³/mol. The molecule has 8 rings (SSSR count). The molecule has 0 saturated carbocycles. The zero-order chi connectivity index (χ0) is 44.6. The zero-order valence-corrected chi connectivity index (χ0v) is 44.0. The molecule has 318 valence electrons. The molecule has 0 aliphatic heterocycles. The Morgan fingerprint density at radius 2 is 0.774 bits per heavy atom. The minimum atomic E-state index is -5.95. The van der Waals surface area contributed by atoms with Crippen LogP contribution in [0.3, 0.4) is 0 Å². The van der Waals surface area contributed by atoms with Crippen molar-refractivity contribution in [3.8, 4) is 33.4 Å². The van der Waals surface area contributed by atoms with Crippen LogP contribution in [0.15, 0.2) is 158 Å². The predicted octanol–water partition coefficient (Wildman–Crippen LogP) is 17.5. The van der Waals surface area contributed by atoms with E-state index in [0.717, 1.165) is 14.4 Å². The molecule has 0 aromatic heterocycles. The van der Waals surface area contributed by atoms with E-state index in [2.05, 4.69) is 241 Å². The molecule has 0 atom stereocenters. The molecule has 3 heteroatoms. The van der Waals surface area contributed by atoms with E-state index in [1.54, 1.807) is 0 Å². The summed E-state index contributed by atoms with van der Waals surface area (Å²) in [5, 5.41) is 0. The van der Waals surface area contributed by atoms with Crippen molar-refractivity contribution in [2.75, 3.05) is 0 Å².